The minimum absolute atomic E-state index is 0.0214. The summed E-state index contributed by atoms with van der Waals surface area (Å²) >= 11 is 0. The lowest BCUT2D eigenvalue weighted by molar-refractivity contribution is -0.139. The first-order chi connectivity index (χ1) is 7.74. The van der Waals surface area contributed by atoms with Gasteiger partial charge >= 0.3 is 11.9 Å². The molecule has 0 aromatic carbocycles. The lowest BCUT2D eigenvalue weighted by Gasteiger charge is -2.12. The number of esters is 1. The van der Waals surface area contributed by atoms with Gasteiger partial charge in [0.25, 0.3) is 0 Å². The highest BCUT2D eigenvalue weighted by molar-refractivity contribution is 7.58. The van der Waals surface area contributed by atoms with E-state index in [4.69, 9.17) is 14.4 Å². The van der Waals surface area contributed by atoms with Crippen LogP contribution in [-0.2, 0) is 23.4 Å². The molecule has 0 fully saturated rings. The van der Waals surface area contributed by atoms with Gasteiger partial charge in [-0.05, 0) is 6.92 Å². The second-order valence-electron chi connectivity index (χ2n) is 3.63. The Hall–Kier alpha value is -1.13. The standard InChI is InChI=1S/C10H17O6P/c1-8(2)10(13)15-5-6-16-17(3,14)7-4-9(11)12/h1,4-7H2,2-3H3,(H,11,12). The molecule has 0 aromatic heterocycles. The molecule has 98 valence electrons. The Morgan fingerprint density at radius 3 is 2.41 bits per heavy atom. The van der Waals surface area contributed by atoms with Crippen LogP contribution in [0.5, 0.6) is 0 Å². The molecule has 7 heteroatoms. The topological polar surface area (TPSA) is 89.9 Å². The Kier molecular flexibility index (Phi) is 6.76. The van der Waals surface area contributed by atoms with Gasteiger partial charge in [-0.3, -0.25) is 9.36 Å². The fraction of sp³-hybridized carbons (Fsp3) is 0.600. The van der Waals surface area contributed by atoms with Crippen LogP contribution in [0.15, 0.2) is 12.2 Å². The second kappa shape index (κ2) is 7.25. The fourth-order valence-electron chi connectivity index (χ4n) is 0.851. The van der Waals surface area contributed by atoms with E-state index in [1.807, 2.05) is 0 Å². The lowest BCUT2D eigenvalue weighted by Crippen LogP contribution is -2.11. The van der Waals surface area contributed by atoms with Crippen molar-refractivity contribution in [2.24, 2.45) is 0 Å². The normalized spacial score (nSPS) is 13.8. The van der Waals surface area contributed by atoms with E-state index in [0.29, 0.717) is 0 Å². The maximum absolute atomic E-state index is 11.7. The second-order valence-corrected chi connectivity index (χ2v) is 6.36. The van der Waals surface area contributed by atoms with E-state index < -0.39 is 19.3 Å². The Balaban J connectivity index is 3.80. The van der Waals surface area contributed by atoms with E-state index in [1.54, 1.807) is 0 Å². The number of carbonyl (C=O) groups excluding carboxylic acids is 1. The highest BCUT2D eigenvalue weighted by Gasteiger charge is 2.17. The van der Waals surface area contributed by atoms with Gasteiger partial charge in [0.15, 0.2) is 0 Å². The molecule has 0 heterocycles. The average molecular weight is 264 g/mol. The molecule has 0 aliphatic rings. The third-order valence-corrected chi connectivity index (χ3v) is 3.53. The van der Waals surface area contributed by atoms with Crippen LogP contribution in [0.2, 0.25) is 0 Å². The zero-order valence-corrected chi connectivity index (χ0v) is 10.9. The van der Waals surface area contributed by atoms with Crippen molar-refractivity contribution in [1.29, 1.82) is 0 Å². The molecule has 1 N–H and O–H groups in total. The van der Waals surface area contributed by atoms with E-state index in [-0.39, 0.29) is 31.4 Å². The summed E-state index contributed by atoms with van der Waals surface area (Å²) in [5.41, 5.74) is 0.274. The van der Waals surface area contributed by atoms with Crippen LogP contribution in [0, 0.1) is 0 Å². The minimum atomic E-state index is -2.92. The number of carbonyl (C=O) groups is 2. The van der Waals surface area contributed by atoms with Gasteiger partial charge in [-0.25, -0.2) is 4.79 Å². The zero-order valence-electron chi connectivity index (χ0n) is 9.97. The van der Waals surface area contributed by atoms with Crippen LogP contribution < -0.4 is 0 Å². The van der Waals surface area contributed by atoms with Gasteiger partial charge in [0.2, 0.25) is 7.37 Å². The van der Waals surface area contributed by atoms with Gasteiger partial charge in [0.1, 0.15) is 6.61 Å². The fourth-order valence-corrected chi connectivity index (χ4v) is 2.04. The van der Waals surface area contributed by atoms with E-state index in [0.717, 1.165) is 0 Å². The maximum Gasteiger partial charge on any atom is 0.333 e. The molecule has 0 bridgehead atoms. The number of carboxylic acid groups (broad SMARTS) is 1. The van der Waals surface area contributed by atoms with Crippen molar-refractivity contribution in [1.82, 2.24) is 0 Å². The van der Waals surface area contributed by atoms with Crippen molar-refractivity contribution in [2.45, 2.75) is 13.3 Å². The van der Waals surface area contributed by atoms with Crippen molar-refractivity contribution in [3.05, 3.63) is 12.2 Å². The van der Waals surface area contributed by atoms with Crippen LogP contribution in [0.4, 0.5) is 0 Å². The third kappa shape index (κ3) is 8.65. The van der Waals surface area contributed by atoms with Crippen LogP contribution in [0.25, 0.3) is 0 Å². The number of hydrogen-bond donors (Lipinski definition) is 1. The van der Waals surface area contributed by atoms with Crippen molar-refractivity contribution in [3.63, 3.8) is 0 Å². The van der Waals surface area contributed by atoms with E-state index >= 15 is 0 Å². The largest absolute Gasteiger partial charge is 0.481 e. The average Bonchev–Trinajstić information content (AvgIpc) is 2.21. The van der Waals surface area contributed by atoms with E-state index in [1.165, 1.54) is 13.6 Å². The van der Waals surface area contributed by atoms with Crippen molar-refractivity contribution in [2.75, 3.05) is 26.0 Å². The minimum Gasteiger partial charge on any atom is -0.481 e. The van der Waals surface area contributed by atoms with Gasteiger partial charge in [-0.2, -0.15) is 0 Å². The Morgan fingerprint density at radius 1 is 1.35 bits per heavy atom. The molecule has 0 radical (unpaired) electrons. The lowest BCUT2D eigenvalue weighted by atomic mass is 10.4. The predicted octanol–water partition coefficient (Wildman–Crippen LogP) is 1.50. The molecule has 0 saturated carbocycles. The highest BCUT2D eigenvalue weighted by Crippen LogP contribution is 2.42. The molecule has 0 amide bonds. The first kappa shape index (κ1) is 15.9. The highest BCUT2D eigenvalue weighted by atomic mass is 31.2. The number of carboxylic acids is 1. The molecule has 1 unspecified atom stereocenters. The van der Waals surface area contributed by atoms with Crippen molar-refractivity contribution in [3.8, 4) is 0 Å². The van der Waals surface area contributed by atoms with Crippen LogP contribution in [-0.4, -0.2) is 43.1 Å². The molecular formula is C10H17O6P. The summed E-state index contributed by atoms with van der Waals surface area (Å²) in [6, 6.07) is 0. The first-order valence-electron chi connectivity index (χ1n) is 5.00. The molecule has 1 atom stereocenters. The molecule has 17 heavy (non-hydrogen) atoms. The number of rotatable bonds is 8. The summed E-state index contributed by atoms with van der Waals surface area (Å²) in [6.45, 7) is 6.22. The van der Waals surface area contributed by atoms with Gasteiger partial charge < -0.3 is 14.4 Å². The molecular weight excluding hydrogens is 247 g/mol. The summed E-state index contributed by atoms with van der Waals surface area (Å²) in [7, 11) is -2.92. The van der Waals surface area contributed by atoms with E-state index in [9.17, 15) is 14.2 Å². The first-order valence-corrected chi connectivity index (χ1v) is 7.26. The van der Waals surface area contributed by atoms with Crippen LogP contribution in [0.1, 0.15) is 13.3 Å². The molecule has 0 aliphatic heterocycles. The smallest absolute Gasteiger partial charge is 0.333 e. The Bertz CT molecular complexity index is 349. The number of hydrogen-bond acceptors (Lipinski definition) is 5. The maximum atomic E-state index is 11.7. The summed E-state index contributed by atoms with van der Waals surface area (Å²) < 4.78 is 21.4. The molecule has 0 aromatic rings. The Labute approximate surface area is 100 Å². The van der Waals surface area contributed by atoms with Crippen LogP contribution in [0.3, 0.4) is 0 Å². The summed E-state index contributed by atoms with van der Waals surface area (Å²) in [5.74, 6) is -1.56. The van der Waals surface area contributed by atoms with Gasteiger partial charge in [-0.15, -0.1) is 0 Å². The van der Waals surface area contributed by atoms with Crippen molar-refractivity contribution < 1.29 is 28.5 Å². The molecule has 0 aliphatic carbocycles. The van der Waals surface area contributed by atoms with E-state index in [2.05, 4.69) is 6.58 Å². The molecule has 0 saturated heterocycles. The molecule has 0 spiro atoms. The molecule has 0 rings (SSSR count). The SMILES string of the molecule is C=C(C)C(=O)OCCOP(C)(=O)CCC(=O)O. The van der Waals surface area contributed by atoms with Gasteiger partial charge in [0.05, 0.1) is 13.0 Å². The number of aliphatic carboxylic acids is 1. The third-order valence-electron chi connectivity index (χ3n) is 1.76. The van der Waals surface area contributed by atoms with Crippen molar-refractivity contribution >= 4 is 19.3 Å². The number of ether oxygens (including phenoxy) is 1. The summed E-state index contributed by atoms with van der Waals surface area (Å²) in [5, 5.41) is 8.43. The molecule has 6 nitrogen and oxygen atoms in total. The quantitative estimate of drug-likeness (QED) is 0.309. The summed E-state index contributed by atoms with van der Waals surface area (Å²) in [4.78, 5) is 21.2. The summed E-state index contributed by atoms with van der Waals surface area (Å²) in [6.07, 6.45) is -0.240. The Morgan fingerprint density at radius 2 is 1.94 bits per heavy atom. The monoisotopic (exact) mass is 264 g/mol. The zero-order chi connectivity index (χ0) is 13.5. The van der Waals surface area contributed by atoms with Gasteiger partial charge in [0, 0.05) is 18.4 Å². The van der Waals surface area contributed by atoms with Crippen LogP contribution >= 0.6 is 7.37 Å². The van der Waals surface area contributed by atoms with Gasteiger partial charge in [-0.1, -0.05) is 6.58 Å². The predicted molar refractivity (Wildman–Crippen MR) is 62.4 cm³/mol.